The van der Waals surface area contributed by atoms with Gasteiger partial charge in [0.25, 0.3) is 10.1 Å². The average molecular weight is 405 g/mol. The van der Waals surface area contributed by atoms with Crippen molar-refractivity contribution in [2.75, 3.05) is 26.0 Å². The van der Waals surface area contributed by atoms with Crippen molar-refractivity contribution in [1.82, 2.24) is 4.31 Å². The lowest BCUT2D eigenvalue weighted by Gasteiger charge is -2.30. The van der Waals surface area contributed by atoms with E-state index in [2.05, 4.69) is 0 Å². The minimum atomic E-state index is -3.80. The summed E-state index contributed by atoms with van der Waals surface area (Å²) in [4.78, 5) is 12.0. The minimum absolute atomic E-state index is 0.0385. The van der Waals surface area contributed by atoms with Crippen LogP contribution in [0.15, 0.2) is 29.2 Å². The van der Waals surface area contributed by atoms with Gasteiger partial charge in [-0.05, 0) is 37.5 Å². The van der Waals surface area contributed by atoms with Crippen molar-refractivity contribution in [3.8, 4) is 0 Å². The van der Waals surface area contributed by atoms with Crippen LogP contribution >= 0.6 is 0 Å². The molecule has 0 saturated carbocycles. The Labute approximate surface area is 154 Å². The monoisotopic (exact) mass is 405 g/mol. The van der Waals surface area contributed by atoms with E-state index in [9.17, 15) is 21.6 Å². The summed E-state index contributed by atoms with van der Waals surface area (Å²) >= 11 is 0. The number of carbonyl (C=O) groups excluding carboxylic acids is 1. The van der Waals surface area contributed by atoms with Gasteiger partial charge in [0.1, 0.15) is 0 Å². The zero-order valence-corrected chi connectivity index (χ0v) is 16.4. The lowest BCUT2D eigenvalue weighted by atomic mass is 10.0. The lowest BCUT2D eigenvalue weighted by Crippen LogP contribution is -2.42. The molecule has 0 aromatic heterocycles. The van der Waals surface area contributed by atoms with Gasteiger partial charge in [0, 0.05) is 13.1 Å². The van der Waals surface area contributed by atoms with Gasteiger partial charge in [0.15, 0.2) is 0 Å². The van der Waals surface area contributed by atoms with Gasteiger partial charge >= 0.3 is 5.97 Å². The molecule has 26 heavy (non-hydrogen) atoms. The van der Waals surface area contributed by atoms with E-state index in [1.54, 1.807) is 13.0 Å². The van der Waals surface area contributed by atoms with Gasteiger partial charge in [-0.3, -0.25) is 8.98 Å². The molecule has 1 saturated heterocycles. The molecule has 1 aliphatic rings. The zero-order chi connectivity index (χ0) is 19.4. The van der Waals surface area contributed by atoms with Crippen LogP contribution < -0.4 is 0 Å². The van der Waals surface area contributed by atoms with E-state index in [1.807, 2.05) is 0 Å². The molecular weight excluding hydrogens is 382 g/mol. The Hall–Kier alpha value is -1.49. The Kier molecular flexibility index (Phi) is 6.78. The first-order valence-corrected chi connectivity index (χ1v) is 11.5. The SMILES string of the molecule is CCOC(=O)[C@H]1CCCN(S(=O)(=O)c2cccc(COS(C)(=O)=O)c2)C1. The van der Waals surface area contributed by atoms with E-state index in [0.717, 1.165) is 6.26 Å². The zero-order valence-electron chi connectivity index (χ0n) is 14.8. The standard InChI is InChI=1S/C16H23NO7S2/c1-3-23-16(18)14-7-5-9-17(11-14)26(21,22)15-8-4-6-13(10-15)12-24-25(2,19)20/h4,6,8,10,14H,3,5,7,9,11-12H2,1-2H3/t14-/m0/s1. The van der Waals surface area contributed by atoms with Crippen LogP contribution in [0, 0.1) is 5.92 Å². The van der Waals surface area contributed by atoms with Crippen LogP contribution in [0.25, 0.3) is 0 Å². The Morgan fingerprint density at radius 3 is 2.65 bits per heavy atom. The third-order valence-electron chi connectivity index (χ3n) is 3.98. The van der Waals surface area contributed by atoms with Gasteiger partial charge in [-0.25, -0.2) is 8.42 Å². The number of rotatable bonds is 7. The van der Waals surface area contributed by atoms with E-state index in [-0.39, 0.29) is 30.6 Å². The van der Waals surface area contributed by atoms with Crippen LogP contribution in [0.5, 0.6) is 0 Å². The molecule has 0 amide bonds. The van der Waals surface area contributed by atoms with Crippen LogP contribution in [-0.2, 0) is 40.5 Å². The molecule has 0 bridgehead atoms. The van der Waals surface area contributed by atoms with Crippen LogP contribution in [0.1, 0.15) is 25.3 Å². The molecular formula is C16H23NO7S2. The molecule has 1 aliphatic heterocycles. The van der Waals surface area contributed by atoms with Crippen molar-refractivity contribution >= 4 is 26.1 Å². The molecule has 146 valence electrons. The van der Waals surface area contributed by atoms with E-state index in [1.165, 1.54) is 22.5 Å². The second-order valence-electron chi connectivity index (χ2n) is 6.07. The summed E-state index contributed by atoms with van der Waals surface area (Å²) in [6, 6.07) is 5.93. The van der Waals surface area contributed by atoms with Crippen LogP contribution in [0.2, 0.25) is 0 Å². The Morgan fingerprint density at radius 1 is 1.27 bits per heavy atom. The predicted octanol–water partition coefficient (Wildman–Crippen LogP) is 1.13. The predicted molar refractivity (Wildman–Crippen MR) is 94.2 cm³/mol. The second kappa shape index (κ2) is 8.47. The number of ether oxygens (including phenoxy) is 1. The highest BCUT2D eigenvalue weighted by Gasteiger charge is 2.34. The molecule has 1 aromatic carbocycles. The fraction of sp³-hybridized carbons (Fsp3) is 0.562. The smallest absolute Gasteiger partial charge is 0.310 e. The third kappa shape index (κ3) is 5.50. The quantitative estimate of drug-likeness (QED) is 0.494. The highest BCUT2D eigenvalue weighted by molar-refractivity contribution is 7.89. The van der Waals surface area contributed by atoms with Gasteiger partial charge in [-0.2, -0.15) is 12.7 Å². The Bertz CT molecular complexity index is 849. The van der Waals surface area contributed by atoms with Crippen LogP contribution in [-0.4, -0.2) is 53.1 Å². The van der Waals surface area contributed by atoms with Gasteiger partial charge in [0.05, 0.1) is 30.3 Å². The fourth-order valence-corrected chi connectivity index (χ4v) is 4.68. The summed E-state index contributed by atoms with van der Waals surface area (Å²) in [5.74, 6) is -0.863. The van der Waals surface area contributed by atoms with Crippen molar-refractivity contribution in [1.29, 1.82) is 0 Å². The maximum atomic E-state index is 12.9. The van der Waals surface area contributed by atoms with Crippen molar-refractivity contribution in [2.45, 2.75) is 31.3 Å². The summed E-state index contributed by atoms with van der Waals surface area (Å²) in [7, 11) is -7.42. The summed E-state index contributed by atoms with van der Waals surface area (Å²) in [6.07, 6.45) is 2.09. The molecule has 1 fully saturated rings. The van der Waals surface area contributed by atoms with Crippen LogP contribution in [0.4, 0.5) is 0 Å². The lowest BCUT2D eigenvalue weighted by molar-refractivity contribution is -0.149. The maximum Gasteiger partial charge on any atom is 0.310 e. The average Bonchev–Trinajstić information content (AvgIpc) is 2.60. The van der Waals surface area contributed by atoms with E-state index >= 15 is 0 Å². The summed E-state index contributed by atoms with van der Waals surface area (Å²) < 4.78 is 58.9. The largest absolute Gasteiger partial charge is 0.466 e. The Morgan fingerprint density at radius 2 is 2.00 bits per heavy atom. The van der Waals surface area contributed by atoms with Crippen molar-refractivity contribution in [3.05, 3.63) is 29.8 Å². The summed E-state index contributed by atoms with van der Waals surface area (Å²) in [5, 5.41) is 0. The molecule has 1 aromatic rings. The number of nitrogens with zero attached hydrogens (tertiary/aromatic N) is 1. The van der Waals surface area contributed by atoms with E-state index in [0.29, 0.717) is 24.9 Å². The number of hydrogen-bond acceptors (Lipinski definition) is 7. The van der Waals surface area contributed by atoms with Gasteiger partial charge in [0.2, 0.25) is 10.0 Å². The number of sulfonamides is 1. The molecule has 1 atom stereocenters. The Balaban J connectivity index is 2.17. The number of hydrogen-bond donors (Lipinski definition) is 0. The third-order valence-corrected chi connectivity index (χ3v) is 6.39. The molecule has 0 N–H and O–H groups in total. The highest BCUT2D eigenvalue weighted by Crippen LogP contribution is 2.25. The maximum absolute atomic E-state index is 12.9. The number of carbonyl (C=O) groups is 1. The first-order valence-electron chi connectivity index (χ1n) is 8.23. The van der Waals surface area contributed by atoms with E-state index < -0.39 is 26.1 Å². The topological polar surface area (TPSA) is 107 Å². The summed E-state index contributed by atoms with van der Waals surface area (Å²) in [5.41, 5.74) is 0.426. The van der Waals surface area contributed by atoms with Crippen LogP contribution in [0.3, 0.4) is 0 Å². The number of esters is 1. The second-order valence-corrected chi connectivity index (χ2v) is 9.65. The van der Waals surface area contributed by atoms with E-state index in [4.69, 9.17) is 8.92 Å². The highest BCUT2D eigenvalue weighted by atomic mass is 32.2. The normalized spacial score (nSPS) is 19.2. The molecule has 1 heterocycles. The molecule has 2 rings (SSSR count). The minimum Gasteiger partial charge on any atom is -0.466 e. The molecule has 8 nitrogen and oxygen atoms in total. The first-order chi connectivity index (χ1) is 12.1. The van der Waals surface area contributed by atoms with Gasteiger partial charge < -0.3 is 4.74 Å². The number of piperidine rings is 1. The summed E-state index contributed by atoms with van der Waals surface area (Å²) in [6.45, 7) is 2.12. The molecule has 0 unspecified atom stereocenters. The van der Waals surface area contributed by atoms with Crippen molar-refractivity contribution < 1.29 is 30.6 Å². The molecule has 0 radical (unpaired) electrons. The fourth-order valence-electron chi connectivity index (χ4n) is 2.73. The first kappa shape index (κ1) is 20.8. The van der Waals surface area contributed by atoms with Gasteiger partial charge in [-0.1, -0.05) is 12.1 Å². The number of benzene rings is 1. The molecule has 0 spiro atoms. The van der Waals surface area contributed by atoms with Gasteiger partial charge in [-0.15, -0.1) is 0 Å². The molecule has 0 aliphatic carbocycles. The molecule has 10 heteroatoms. The van der Waals surface area contributed by atoms with Crippen molar-refractivity contribution in [2.24, 2.45) is 5.92 Å². The van der Waals surface area contributed by atoms with Crippen molar-refractivity contribution in [3.63, 3.8) is 0 Å².